The Morgan fingerprint density at radius 2 is 1.96 bits per heavy atom. The van der Waals surface area contributed by atoms with Crippen LogP contribution in [-0.4, -0.2) is 21.3 Å². The smallest absolute Gasteiger partial charge is 0.342 e. The summed E-state index contributed by atoms with van der Waals surface area (Å²) in [6.45, 7) is 1.97. The summed E-state index contributed by atoms with van der Waals surface area (Å²) in [4.78, 5) is 11.6. The first-order chi connectivity index (χ1) is 13.5. The summed E-state index contributed by atoms with van der Waals surface area (Å²) in [7, 11) is 0. The van der Waals surface area contributed by atoms with Gasteiger partial charge in [-0.05, 0) is 41.6 Å². The van der Waals surface area contributed by atoms with Crippen LogP contribution in [0.3, 0.4) is 0 Å². The third-order valence-corrected chi connectivity index (χ3v) is 4.54. The summed E-state index contributed by atoms with van der Waals surface area (Å²) in [5.41, 5.74) is 1.13. The van der Waals surface area contributed by atoms with Crippen molar-refractivity contribution in [1.29, 1.82) is 0 Å². The standard InChI is InChI=1S/C20H17FN2O4S/c1-2-18-22-23-20(27-18)28-17(19(24)25)11-13-7-9-15(10-8-13)26-12-14-5-3-4-6-16(14)21/h3-11H,2,12H2,1H3,(H,24,25)/b17-11-. The zero-order chi connectivity index (χ0) is 19.9. The number of hydrogen-bond donors (Lipinski definition) is 1. The van der Waals surface area contributed by atoms with E-state index in [1.54, 1.807) is 42.5 Å². The molecular weight excluding hydrogens is 383 g/mol. The van der Waals surface area contributed by atoms with Crippen LogP contribution >= 0.6 is 11.8 Å². The number of aromatic nitrogens is 2. The molecule has 3 aromatic rings. The molecule has 0 spiro atoms. The summed E-state index contributed by atoms with van der Waals surface area (Å²) in [6.07, 6.45) is 2.08. The molecule has 0 aliphatic heterocycles. The van der Waals surface area contributed by atoms with Gasteiger partial charge in [-0.3, -0.25) is 0 Å². The molecule has 1 aromatic heterocycles. The average molecular weight is 400 g/mol. The molecule has 0 unspecified atom stereocenters. The molecule has 28 heavy (non-hydrogen) atoms. The van der Waals surface area contributed by atoms with Crippen LogP contribution in [-0.2, 0) is 17.8 Å². The van der Waals surface area contributed by atoms with Gasteiger partial charge < -0.3 is 14.3 Å². The van der Waals surface area contributed by atoms with Gasteiger partial charge in [-0.25, -0.2) is 9.18 Å². The van der Waals surface area contributed by atoms with E-state index >= 15 is 0 Å². The number of rotatable bonds is 8. The molecule has 2 aromatic carbocycles. The fourth-order valence-corrected chi connectivity index (χ4v) is 2.93. The van der Waals surface area contributed by atoms with Crippen LogP contribution < -0.4 is 4.74 Å². The summed E-state index contributed by atoms with van der Waals surface area (Å²) in [6, 6.07) is 13.2. The zero-order valence-electron chi connectivity index (χ0n) is 15.0. The highest BCUT2D eigenvalue weighted by Crippen LogP contribution is 2.28. The van der Waals surface area contributed by atoms with E-state index in [0.717, 1.165) is 11.8 Å². The molecule has 0 saturated carbocycles. The number of carboxylic acid groups (broad SMARTS) is 1. The third-order valence-electron chi connectivity index (χ3n) is 3.69. The predicted octanol–water partition coefficient (Wildman–Crippen LogP) is 4.57. The first-order valence-corrected chi connectivity index (χ1v) is 9.28. The molecule has 0 aliphatic rings. The fourth-order valence-electron chi connectivity index (χ4n) is 2.24. The molecule has 0 atom stereocenters. The first-order valence-electron chi connectivity index (χ1n) is 8.46. The Morgan fingerprint density at radius 1 is 1.21 bits per heavy atom. The maximum Gasteiger partial charge on any atom is 0.342 e. The minimum Gasteiger partial charge on any atom is -0.489 e. The number of halogens is 1. The van der Waals surface area contributed by atoms with Gasteiger partial charge in [0.2, 0.25) is 5.89 Å². The molecule has 0 aliphatic carbocycles. The number of carboxylic acids is 1. The number of nitrogens with zero attached hydrogens (tertiary/aromatic N) is 2. The van der Waals surface area contributed by atoms with Crippen molar-refractivity contribution in [2.75, 3.05) is 0 Å². The molecule has 1 heterocycles. The van der Waals surface area contributed by atoms with Gasteiger partial charge in [0, 0.05) is 12.0 Å². The van der Waals surface area contributed by atoms with E-state index in [-0.39, 0.29) is 22.6 Å². The van der Waals surface area contributed by atoms with E-state index in [9.17, 15) is 14.3 Å². The van der Waals surface area contributed by atoms with Gasteiger partial charge in [0.25, 0.3) is 5.22 Å². The van der Waals surface area contributed by atoms with Crippen LogP contribution in [0.4, 0.5) is 4.39 Å². The second-order valence-corrected chi connectivity index (χ2v) is 6.67. The van der Waals surface area contributed by atoms with Crippen LogP contribution in [0.5, 0.6) is 5.75 Å². The molecular formula is C20H17FN2O4S. The van der Waals surface area contributed by atoms with Crippen molar-refractivity contribution in [1.82, 2.24) is 10.2 Å². The van der Waals surface area contributed by atoms with Crippen molar-refractivity contribution >= 4 is 23.8 Å². The van der Waals surface area contributed by atoms with Gasteiger partial charge in [-0.2, -0.15) is 0 Å². The number of benzene rings is 2. The lowest BCUT2D eigenvalue weighted by atomic mass is 10.2. The van der Waals surface area contributed by atoms with Gasteiger partial charge in [-0.1, -0.05) is 37.3 Å². The molecule has 8 heteroatoms. The van der Waals surface area contributed by atoms with Gasteiger partial charge in [0.1, 0.15) is 23.1 Å². The quantitative estimate of drug-likeness (QED) is 0.438. The minimum atomic E-state index is -1.10. The van der Waals surface area contributed by atoms with Crippen LogP contribution in [0.1, 0.15) is 23.9 Å². The van der Waals surface area contributed by atoms with Crippen LogP contribution in [0, 0.1) is 5.82 Å². The van der Waals surface area contributed by atoms with Crippen molar-refractivity contribution in [3.05, 3.63) is 76.3 Å². The van der Waals surface area contributed by atoms with Gasteiger partial charge >= 0.3 is 5.97 Å². The van der Waals surface area contributed by atoms with Crippen molar-refractivity contribution in [2.45, 2.75) is 25.2 Å². The maximum absolute atomic E-state index is 13.6. The summed E-state index contributed by atoms with van der Waals surface area (Å²) in [5.74, 6) is -0.420. The Hall–Kier alpha value is -3.13. The molecule has 0 amide bonds. The zero-order valence-corrected chi connectivity index (χ0v) is 15.8. The van der Waals surface area contributed by atoms with Gasteiger partial charge in [-0.15, -0.1) is 10.2 Å². The number of hydrogen-bond acceptors (Lipinski definition) is 6. The van der Waals surface area contributed by atoms with E-state index in [1.807, 2.05) is 6.92 Å². The Balaban J connectivity index is 1.68. The van der Waals surface area contributed by atoms with E-state index in [0.29, 0.717) is 29.2 Å². The summed E-state index contributed by atoms with van der Waals surface area (Å²) in [5, 5.41) is 17.2. The van der Waals surface area contributed by atoms with Crippen LogP contribution in [0.2, 0.25) is 0 Å². The largest absolute Gasteiger partial charge is 0.489 e. The van der Waals surface area contributed by atoms with Gasteiger partial charge in [0.05, 0.1) is 0 Å². The normalized spacial score (nSPS) is 11.4. The average Bonchev–Trinajstić information content (AvgIpc) is 3.15. The minimum absolute atomic E-state index is 0.0475. The maximum atomic E-state index is 13.6. The molecule has 3 rings (SSSR count). The topological polar surface area (TPSA) is 85.5 Å². The van der Waals surface area contributed by atoms with Crippen LogP contribution in [0.25, 0.3) is 6.08 Å². The third kappa shape index (κ3) is 5.20. The lowest BCUT2D eigenvalue weighted by Gasteiger charge is -2.07. The second-order valence-electron chi connectivity index (χ2n) is 5.68. The summed E-state index contributed by atoms with van der Waals surface area (Å²) >= 11 is 0.890. The summed E-state index contributed by atoms with van der Waals surface area (Å²) < 4.78 is 24.5. The van der Waals surface area contributed by atoms with E-state index < -0.39 is 5.97 Å². The van der Waals surface area contributed by atoms with Crippen molar-refractivity contribution in [3.63, 3.8) is 0 Å². The molecule has 0 saturated heterocycles. The Bertz CT molecular complexity index is 986. The van der Waals surface area contributed by atoms with E-state index in [2.05, 4.69) is 10.2 Å². The Kier molecular flexibility index (Phi) is 6.44. The molecule has 0 radical (unpaired) electrons. The molecule has 6 nitrogen and oxygen atoms in total. The lowest BCUT2D eigenvalue weighted by Crippen LogP contribution is -1.98. The number of carbonyl (C=O) groups is 1. The predicted molar refractivity (Wildman–Crippen MR) is 102 cm³/mol. The van der Waals surface area contributed by atoms with Crippen LogP contribution in [0.15, 0.2) is 63.1 Å². The molecule has 1 N–H and O–H groups in total. The Morgan fingerprint density at radius 3 is 2.61 bits per heavy atom. The number of aryl methyl sites for hydroxylation is 1. The first kappa shape index (κ1) is 19.6. The number of thioether (sulfide) groups is 1. The van der Waals surface area contributed by atoms with E-state index in [4.69, 9.17) is 9.15 Å². The van der Waals surface area contributed by atoms with Crippen molar-refractivity contribution in [2.24, 2.45) is 0 Å². The highest BCUT2D eigenvalue weighted by atomic mass is 32.2. The number of aliphatic carboxylic acids is 1. The fraction of sp³-hybridized carbons (Fsp3) is 0.150. The van der Waals surface area contributed by atoms with Gasteiger partial charge in [0.15, 0.2) is 0 Å². The number of ether oxygens (including phenoxy) is 1. The van der Waals surface area contributed by atoms with Crippen molar-refractivity contribution in [3.8, 4) is 5.75 Å². The van der Waals surface area contributed by atoms with E-state index in [1.165, 1.54) is 12.1 Å². The molecule has 0 bridgehead atoms. The highest BCUT2D eigenvalue weighted by molar-refractivity contribution is 8.03. The molecule has 0 fully saturated rings. The monoisotopic (exact) mass is 400 g/mol. The second kappa shape index (κ2) is 9.18. The Labute approximate surface area is 165 Å². The van der Waals surface area contributed by atoms with Crippen molar-refractivity contribution < 1.29 is 23.4 Å². The lowest BCUT2D eigenvalue weighted by molar-refractivity contribution is -0.131. The SMILES string of the molecule is CCc1nnc(S/C(=C\c2ccc(OCc3ccccc3F)cc2)C(=O)O)o1. The molecule has 144 valence electrons. The highest BCUT2D eigenvalue weighted by Gasteiger charge is 2.14.